The molecular weight excluding hydrogens is 252 g/mol. The van der Waals surface area contributed by atoms with Crippen molar-refractivity contribution >= 4 is 5.78 Å². The Bertz CT molecular complexity index is 558. The second-order valence-corrected chi connectivity index (χ2v) is 4.59. The van der Waals surface area contributed by atoms with Gasteiger partial charge in [-0.25, -0.2) is 4.98 Å². The molecular formula is C16H20N2O2. The summed E-state index contributed by atoms with van der Waals surface area (Å²) < 4.78 is 7.43. The fourth-order valence-corrected chi connectivity index (χ4v) is 1.94. The van der Waals surface area contributed by atoms with Crippen LogP contribution in [-0.4, -0.2) is 21.9 Å². The molecule has 2 rings (SSSR count). The molecule has 0 saturated carbocycles. The lowest BCUT2D eigenvalue weighted by Gasteiger charge is -2.07. The quantitative estimate of drug-likeness (QED) is 0.573. The first-order chi connectivity index (χ1) is 9.76. The van der Waals surface area contributed by atoms with Crippen LogP contribution in [0.5, 0.6) is 5.75 Å². The third kappa shape index (κ3) is 3.26. The fraction of sp³-hybridized carbons (Fsp3) is 0.375. The van der Waals surface area contributed by atoms with Gasteiger partial charge >= 0.3 is 0 Å². The summed E-state index contributed by atoms with van der Waals surface area (Å²) in [6, 6.07) is 7.25. The first-order valence-electron chi connectivity index (χ1n) is 7.05. The molecule has 4 nitrogen and oxygen atoms in total. The highest BCUT2D eigenvalue weighted by molar-refractivity contribution is 6.06. The van der Waals surface area contributed by atoms with Crippen molar-refractivity contribution < 1.29 is 9.53 Å². The number of ketones is 1. The van der Waals surface area contributed by atoms with E-state index in [1.165, 1.54) is 0 Å². The van der Waals surface area contributed by atoms with E-state index in [9.17, 15) is 4.79 Å². The molecule has 4 heteroatoms. The van der Waals surface area contributed by atoms with Gasteiger partial charge in [0.15, 0.2) is 5.82 Å². The van der Waals surface area contributed by atoms with Crippen LogP contribution in [0.2, 0.25) is 0 Å². The third-order valence-electron chi connectivity index (χ3n) is 3.14. The Kier molecular flexibility index (Phi) is 4.93. The molecule has 20 heavy (non-hydrogen) atoms. The molecule has 1 aromatic carbocycles. The Balaban J connectivity index is 2.08. The number of aryl methyl sites for hydroxylation is 1. The monoisotopic (exact) mass is 272 g/mol. The van der Waals surface area contributed by atoms with E-state index in [0.717, 1.165) is 25.1 Å². The second kappa shape index (κ2) is 6.89. The Morgan fingerprint density at radius 1 is 1.25 bits per heavy atom. The number of benzene rings is 1. The molecule has 0 fully saturated rings. The number of imidazole rings is 1. The number of rotatable bonds is 7. The summed E-state index contributed by atoms with van der Waals surface area (Å²) in [6.07, 6.45) is 5.61. The van der Waals surface area contributed by atoms with Gasteiger partial charge in [-0.1, -0.05) is 13.3 Å². The van der Waals surface area contributed by atoms with Gasteiger partial charge in [-0.2, -0.15) is 0 Å². The van der Waals surface area contributed by atoms with Crippen molar-refractivity contribution in [3.05, 3.63) is 48.0 Å². The van der Waals surface area contributed by atoms with Crippen molar-refractivity contribution in [1.29, 1.82) is 0 Å². The Labute approximate surface area is 119 Å². The summed E-state index contributed by atoms with van der Waals surface area (Å²) in [4.78, 5) is 16.5. The predicted octanol–water partition coefficient (Wildman–Crippen LogP) is 3.31. The lowest BCUT2D eigenvalue weighted by Crippen LogP contribution is -2.10. The second-order valence-electron chi connectivity index (χ2n) is 4.59. The smallest absolute Gasteiger partial charge is 0.228 e. The summed E-state index contributed by atoms with van der Waals surface area (Å²) in [5.41, 5.74) is 0.633. The molecule has 0 amide bonds. The molecule has 0 spiro atoms. The minimum Gasteiger partial charge on any atom is -0.494 e. The van der Waals surface area contributed by atoms with Crippen molar-refractivity contribution in [2.45, 2.75) is 33.2 Å². The van der Waals surface area contributed by atoms with Crippen LogP contribution in [0.15, 0.2) is 36.7 Å². The van der Waals surface area contributed by atoms with Crippen LogP contribution in [0.25, 0.3) is 0 Å². The average Bonchev–Trinajstić information content (AvgIpc) is 2.96. The van der Waals surface area contributed by atoms with Crippen molar-refractivity contribution in [3.8, 4) is 5.75 Å². The SMILES string of the molecule is CCCCOc1ccc(C(=O)c2nccn2CC)cc1. The van der Waals surface area contributed by atoms with E-state index in [4.69, 9.17) is 4.74 Å². The van der Waals surface area contributed by atoms with Crippen molar-refractivity contribution in [2.24, 2.45) is 0 Å². The molecule has 0 aliphatic heterocycles. The van der Waals surface area contributed by atoms with Gasteiger partial charge in [-0.05, 0) is 37.6 Å². The highest BCUT2D eigenvalue weighted by atomic mass is 16.5. The molecule has 106 valence electrons. The number of carbonyl (C=O) groups excluding carboxylic acids is 1. The molecule has 2 aromatic rings. The molecule has 0 aliphatic carbocycles. The number of unbranched alkanes of at least 4 members (excludes halogenated alkanes) is 1. The van der Waals surface area contributed by atoms with Gasteiger partial charge in [-0.15, -0.1) is 0 Å². The van der Waals surface area contributed by atoms with Crippen LogP contribution >= 0.6 is 0 Å². The van der Waals surface area contributed by atoms with E-state index in [0.29, 0.717) is 18.0 Å². The Morgan fingerprint density at radius 2 is 2.00 bits per heavy atom. The van der Waals surface area contributed by atoms with Crippen molar-refractivity contribution in [3.63, 3.8) is 0 Å². The number of hydrogen-bond acceptors (Lipinski definition) is 3. The van der Waals surface area contributed by atoms with Crippen LogP contribution in [0.4, 0.5) is 0 Å². The minimum atomic E-state index is -0.0584. The van der Waals surface area contributed by atoms with Crippen LogP contribution in [-0.2, 0) is 6.54 Å². The summed E-state index contributed by atoms with van der Waals surface area (Å²) in [7, 11) is 0. The van der Waals surface area contributed by atoms with Gasteiger partial charge in [0, 0.05) is 24.5 Å². The maximum absolute atomic E-state index is 12.3. The summed E-state index contributed by atoms with van der Waals surface area (Å²) in [5, 5.41) is 0. The molecule has 0 unspecified atom stereocenters. The normalized spacial score (nSPS) is 10.5. The first kappa shape index (κ1) is 14.3. The predicted molar refractivity (Wildman–Crippen MR) is 78.2 cm³/mol. The topological polar surface area (TPSA) is 44.1 Å². The molecule has 0 atom stereocenters. The summed E-state index contributed by atoms with van der Waals surface area (Å²) in [5.74, 6) is 1.22. The van der Waals surface area contributed by atoms with Gasteiger partial charge in [0.25, 0.3) is 0 Å². The Morgan fingerprint density at radius 3 is 2.65 bits per heavy atom. The first-order valence-corrected chi connectivity index (χ1v) is 7.05. The zero-order valence-electron chi connectivity index (χ0n) is 12.0. The van der Waals surface area contributed by atoms with E-state index in [1.807, 2.05) is 29.8 Å². The maximum Gasteiger partial charge on any atom is 0.228 e. The third-order valence-corrected chi connectivity index (χ3v) is 3.14. The van der Waals surface area contributed by atoms with E-state index in [2.05, 4.69) is 11.9 Å². The fourth-order valence-electron chi connectivity index (χ4n) is 1.94. The molecule has 0 radical (unpaired) electrons. The average molecular weight is 272 g/mol. The van der Waals surface area contributed by atoms with Crippen LogP contribution in [0, 0.1) is 0 Å². The van der Waals surface area contributed by atoms with Crippen molar-refractivity contribution in [1.82, 2.24) is 9.55 Å². The van der Waals surface area contributed by atoms with Gasteiger partial charge in [0.1, 0.15) is 5.75 Å². The molecule has 0 aliphatic rings. The number of ether oxygens (including phenoxy) is 1. The highest BCUT2D eigenvalue weighted by Gasteiger charge is 2.14. The molecule has 0 bridgehead atoms. The largest absolute Gasteiger partial charge is 0.494 e. The number of nitrogens with zero attached hydrogens (tertiary/aromatic N) is 2. The van der Waals surface area contributed by atoms with Crippen LogP contribution in [0.3, 0.4) is 0 Å². The van der Waals surface area contributed by atoms with Gasteiger partial charge in [0.05, 0.1) is 6.61 Å². The van der Waals surface area contributed by atoms with E-state index in [1.54, 1.807) is 18.3 Å². The standard InChI is InChI=1S/C16H20N2O2/c1-3-5-12-20-14-8-6-13(7-9-14)15(19)16-17-10-11-18(16)4-2/h6-11H,3-5,12H2,1-2H3. The van der Waals surface area contributed by atoms with Gasteiger partial charge in [0.2, 0.25) is 5.78 Å². The summed E-state index contributed by atoms with van der Waals surface area (Å²) >= 11 is 0. The molecule has 0 N–H and O–H groups in total. The molecule has 1 heterocycles. The molecule has 1 aromatic heterocycles. The highest BCUT2D eigenvalue weighted by Crippen LogP contribution is 2.15. The van der Waals surface area contributed by atoms with Gasteiger partial charge in [-0.3, -0.25) is 4.79 Å². The van der Waals surface area contributed by atoms with Gasteiger partial charge < -0.3 is 9.30 Å². The number of carbonyl (C=O) groups is 1. The molecule has 0 saturated heterocycles. The van der Waals surface area contributed by atoms with Crippen molar-refractivity contribution in [2.75, 3.05) is 6.61 Å². The van der Waals surface area contributed by atoms with Crippen LogP contribution in [0.1, 0.15) is 42.9 Å². The van der Waals surface area contributed by atoms with E-state index < -0.39 is 0 Å². The van der Waals surface area contributed by atoms with E-state index in [-0.39, 0.29) is 5.78 Å². The van der Waals surface area contributed by atoms with E-state index >= 15 is 0 Å². The van der Waals surface area contributed by atoms with Crippen LogP contribution < -0.4 is 4.74 Å². The summed E-state index contributed by atoms with van der Waals surface area (Å²) in [6.45, 7) is 5.56. The Hall–Kier alpha value is -2.10. The lowest BCUT2D eigenvalue weighted by molar-refractivity contribution is 0.102. The minimum absolute atomic E-state index is 0.0584. The number of aromatic nitrogens is 2. The number of hydrogen-bond donors (Lipinski definition) is 0. The lowest BCUT2D eigenvalue weighted by atomic mass is 10.1. The zero-order valence-corrected chi connectivity index (χ0v) is 12.0. The zero-order chi connectivity index (χ0) is 14.4. The maximum atomic E-state index is 12.3.